The summed E-state index contributed by atoms with van der Waals surface area (Å²) in [6, 6.07) is 0. The van der Waals surface area contributed by atoms with E-state index in [2.05, 4.69) is 12.2 Å². The standard InChI is InChI=1S/C22H43NO6S.2Na/c1-2-3-4-5-6-7-8-9-10-11-12-13-14-15-16-17-19-23-22(18-20-24,21(25)26)30(27,28)29;;/h20,23H,2-19H2,1H3,(H,25,26)(H,27,28,29);;/q;2*+1/p-2. The van der Waals surface area contributed by atoms with Gasteiger partial charge in [0.05, 0.1) is 5.97 Å². The minimum Gasteiger partial charge on any atom is -0.746 e. The molecule has 0 heterocycles. The van der Waals surface area contributed by atoms with E-state index in [9.17, 15) is 27.7 Å². The smallest absolute Gasteiger partial charge is 0.746 e. The number of unbranched alkanes of at least 4 members (excludes halogenated alkanes) is 15. The zero-order chi connectivity index (χ0) is 22.7. The first kappa shape index (κ1) is 37.6. The number of hydrogen-bond donors (Lipinski definition) is 1. The van der Waals surface area contributed by atoms with E-state index in [0.717, 1.165) is 25.7 Å². The summed E-state index contributed by atoms with van der Waals surface area (Å²) in [6.07, 6.45) is 18.3. The third-order valence-corrected chi connectivity index (χ3v) is 6.90. The van der Waals surface area contributed by atoms with E-state index in [1.807, 2.05) is 0 Å². The Bertz CT molecular complexity index is 563. The normalized spacial score (nSPS) is 12.9. The molecule has 1 N–H and O–H groups in total. The molecule has 0 aliphatic carbocycles. The number of aldehydes is 1. The first-order valence-corrected chi connectivity index (χ1v) is 13.1. The fourth-order valence-electron chi connectivity index (χ4n) is 3.60. The molecule has 0 bridgehead atoms. The van der Waals surface area contributed by atoms with E-state index in [1.165, 1.54) is 70.6 Å². The number of carbonyl (C=O) groups excluding carboxylic acids is 2. The topological polar surface area (TPSA) is 126 Å². The van der Waals surface area contributed by atoms with Gasteiger partial charge in [0.2, 0.25) is 0 Å². The van der Waals surface area contributed by atoms with Gasteiger partial charge in [-0.25, -0.2) is 8.42 Å². The number of rotatable bonds is 22. The van der Waals surface area contributed by atoms with Crippen LogP contribution in [-0.4, -0.2) is 36.6 Å². The number of carbonyl (C=O) groups is 2. The van der Waals surface area contributed by atoms with Crippen molar-refractivity contribution in [1.82, 2.24) is 5.32 Å². The second-order valence-corrected chi connectivity index (χ2v) is 9.77. The Morgan fingerprint density at radius 1 is 0.781 bits per heavy atom. The molecule has 7 nitrogen and oxygen atoms in total. The average molecular weight is 494 g/mol. The average Bonchev–Trinajstić information content (AvgIpc) is 2.68. The number of nitrogens with one attached hydrogen (secondary N) is 1. The predicted octanol–water partition coefficient (Wildman–Crippen LogP) is -2.57. The van der Waals surface area contributed by atoms with E-state index in [0.29, 0.717) is 6.42 Å². The predicted molar refractivity (Wildman–Crippen MR) is 116 cm³/mol. The van der Waals surface area contributed by atoms with Gasteiger partial charge < -0.3 is 19.2 Å². The van der Waals surface area contributed by atoms with Crippen LogP contribution in [0.3, 0.4) is 0 Å². The molecule has 0 saturated heterocycles. The van der Waals surface area contributed by atoms with Crippen molar-refractivity contribution in [1.29, 1.82) is 0 Å². The zero-order valence-electron chi connectivity index (χ0n) is 20.7. The van der Waals surface area contributed by atoms with Crippen LogP contribution < -0.4 is 69.5 Å². The van der Waals surface area contributed by atoms with Crippen LogP contribution in [0.25, 0.3) is 0 Å². The van der Waals surface area contributed by atoms with Gasteiger partial charge in [0.15, 0.2) is 4.87 Å². The molecule has 0 spiro atoms. The van der Waals surface area contributed by atoms with Crippen molar-refractivity contribution in [3.63, 3.8) is 0 Å². The van der Waals surface area contributed by atoms with Crippen LogP contribution in [0, 0.1) is 0 Å². The van der Waals surface area contributed by atoms with Crippen LogP contribution in [0.1, 0.15) is 116 Å². The first-order valence-electron chi connectivity index (χ1n) is 11.7. The zero-order valence-corrected chi connectivity index (χ0v) is 25.5. The summed E-state index contributed by atoms with van der Waals surface area (Å²) in [4.78, 5) is 18.9. The summed E-state index contributed by atoms with van der Waals surface area (Å²) in [5, 5.41) is 13.4. The van der Waals surface area contributed by atoms with Crippen LogP contribution in [0.5, 0.6) is 0 Å². The molecule has 0 aromatic carbocycles. The fraction of sp³-hybridized carbons (Fsp3) is 0.909. The summed E-state index contributed by atoms with van der Waals surface area (Å²) >= 11 is 0. The second kappa shape index (κ2) is 23.7. The van der Waals surface area contributed by atoms with Crippen LogP contribution in [0.4, 0.5) is 0 Å². The summed E-state index contributed by atoms with van der Waals surface area (Å²) in [6.45, 7) is 2.27. The molecule has 0 aliphatic heterocycles. The van der Waals surface area contributed by atoms with Gasteiger partial charge in [-0.05, 0) is 13.0 Å². The third kappa shape index (κ3) is 17.4. The van der Waals surface area contributed by atoms with Crippen molar-refractivity contribution in [2.75, 3.05) is 6.54 Å². The van der Waals surface area contributed by atoms with Gasteiger partial charge in [0.1, 0.15) is 16.4 Å². The molecule has 0 radical (unpaired) electrons. The minimum absolute atomic E-state index is 0. The van der Waals surface area contributed by atoms with Crippen molar-refractivity contribution in [2.24, 2.45) is 0 Å². The van der Waals surface area contributed by atoms with Crippen molar-refractivity contribution >= 4 is 22.4 Å². The third-order valence-electron chi connectivity index (χ3n) is 5.57. The number of carboxylic acid groups (broad SMARTS) is 1. The maximum atomic E-state index is 11.3. The molecular formula is C22H41NNa2O6S. The van der Waals surface area contributed by atoms with E-state index < -0.39 is 27.4 Å². The van der Waals surface area contributed by atoms with Gasteiger partial charge in [-0.3, -0.25) is 5.32 Å². The Kier molecular flexibility index (Phi) is 27.9. The summed E-state index contributed by atoms with van der Waals surface area (Å²) in [7, 11) is -5.26. The second-order valence-electron chi connectivity index (χ2n) is 8.17. The minimum atomic E-state index is -5.26. The Balaban J connectivity index is -0.00000420. The summed E-state index contributed by atoms with van der Waals surface area (Å²) in [5.41, 5.74) is 0. The monoisotopic (exact) mass is 493 g/mol. The van der Waals surface area contributed by atoms with Gasteiger partial charge in [-0.2, -0.15) is 0 Å². The molecule has 1 atom stereocenters. The quantitative estimate of drug-likeness (QED) is 0.0760. The van der Waals surface area contributed by atoms with Crippen molar-refractivity contribution in [2.45, 2.75) is 121 Å². The van der Waals surface area contributed by atoms with Gasteiger partial charge in [0.25, 0.3) is 0 Å². The Morgan fingerprint density at radius 3 is 1.41 bits per heavy atom. The molecule has 0 aromatic rings. The van der Waals surface area contributed by atoms with Gasteiger partial charge in [-0.15, -0.1) is 0 Å². The van der Waals surface area contributed by atoms with Crippen LogP contribution in [0.15, 0.2) is 0 Å². The largest absolute Gasteiger partial charge is 1.00 e. The molecule has 1 unspecified atom stereocenters. The van der Waals surface area contributed by atoms with Crippen molar-refractivity contribution < 1.29 is 86.8 Å². The molecule has 0 fully saturated rings. The molecule has 0 rings (SSSR count). The Morgan fingerprint density at radius 2 is 1.12 bits per heavy atom. The van der Waals surface area contributed by atoms with Gasteiger partial charge in [-0.1, -0.05) is 103 Å². The first-order chi connectivity index (χ1) is 14.3. The molecule has 32 heavy (non-hydrogen) atoms. The maximum Gasteiger partial charge on any atom is 1.00 e. The van der Waals surface area contributed by atoms with E-state index >= 15 is 0 Å². The molecule has 178 valence electrons. The molecule has 10 heteroatoms. The number of hydrogen-bond acceptors (Lipinski definition) is 7. The van der Waals surface area contributed by atoms with E-state index in [1.54, 1.807) is 0 Å². The fourth-order valence-corrected chi connectivity index (χ4v) is 4.36. The van der Waals surface area contributed by atoms with E-state index in [-0.39, 0.29) is 71.9 Å². The van der Waals surface area contributed by atoms with Gasteiger partial charge in [0, 0.05) is 6.42 Å². The van der Waals surface area contributed by atoms with Gasteiger partial charge >= 0.3 is 59.1 Å². The van der Waals surface area contributed by atoms with Crippen LogP contribution in [0.2, 0.25) is 0 Å². The molecule has 0 aliphatic rings. The molecule has 0 amide bonds. The Labute approximate surface area is 240 Å². The summed E-state index contributed by atoms with van der Waals surface area (Å²) < 4.78 is 33.9. The molecule has 0 saturated carbocycles. The van der Waals surface area contributed by atoms with E-state index in [4.69, 9.17) is 0 Å². The molecule has 0 aromatic heterocycles. The van der Waals surface area contributed by atoms with Crippen LogP contribution >= 0.6 is 0 Å². The van der Waals surface area contributed by atoms with Crippen LogP contribution in [-0.2, 0) is 19.7 Å². The number of aliphatic carboxylic acids is 1. The SMILES string of the molecule is CCCCCCCCCCCCCCCCCCNC(CC=O)(C(=O)[O-])S(=O)(=O)[O-].[Na+].[Na+]. The summed E-state index contributed by atoms with van der Waals surface area (Å²) in [5.74, 6) is -2.08. The van der Waals surface area contributed by atoms with Crippen molar-refractivity contribution in [3.8, 4) is 0 Å². The molecular weight excluding hydrogens is 452 g/mol. The number of carboxylic acids is 1. The van der Waals surface area contributed by atoms with Crippen molar-refractivity contribution in [3.05, 3.63) is 0 Å². The maximum absolute atomic E-state index is 11.3. The Hall–Kier alpha value is 1.01.